The summed E-state index contributed by atoms with van der Waals surface area (Å²) < 4.78 is 15.2. The lowest BCUT2D eigenvalue weighted by Crippen LogP contribution is -2.54. The van der Waals surface area contributed by atoms with E-state index in [1.54, 1.807) is 41.5 Å². The Kier molecular flexibility index (Phi) is 14.7. The molecule has 276 valence electrons. The standard InChI is InChI=1S/C30H44N8O12/c1-29(2,3)49-27(46)33-31-20(39)9-16-37(25(44)11-14-35-19-48-18-13-22(35)41)38(26(45)12-15-36-23(42)7-8-24(36)43)17-10-21(40)32-34-28(47)50-30(4,5)6/h7-8,13,18H,9-12,14-17,19H2,1-6H3,(H,31,39)(H,32,40)(H,33,46)(H,34,47). The monoisotopic (exact) mass is 708 g/mol. The first-order valence-electron chi connectivity index (χ1n) is 15.5. The van der Waals surface area contributed by atoms with Gasteiger partial charge in [0, 0.05) is 57.0 Å². The third kappa shape index (κ3) is 14.6. The van der Waals surface area contributed by atoms with Gasteiger partial charge in [0.1, 0.15) is 11.2 Å². The average Bonchev–Trinajstić information content (AvgIpc) is 3.33. The van der Waals surface area contributed by atoms with Crippen molar-refractivity contribution in [3.63, 3.8) is 0 Å². The molecule has 0 aromatic carbocycles. The lowest BCUT2D eigenvalue weighted by atomic mass is 10.2. The summed E-state index contributed by atoms with van der Waals surface area (Å²) in [4.78, 5) is 115. The summed E-state index contributed by atoms with van der Waals surface area (Å²) in [6.45, 7) is 8.11. The van der Waals surface area contributed by atoms with Crippen LogP contribution in [0.4, 0.5) is 9.59 Å². The zero-order chi connectivity index (χ0) is 37.6. The molecule has 0 saturated heterocycles. The highest BCUT2D eigenvalue weighted by Crippen LogP contribution is 2.13. The lowest BCUT2D eigenvalue weighted by molar-refractivity contribution is -0.166. The number of carbonyl (C=O) groups excluding carboxylic acids is 9. The summed E-state index contributed by atoms with van der Waals surface area (Å²) in [7, 11) is 0. The van der Waals surface area contributed by atoms with Gasteiger partial charge in [-0.15, -0.1) is 0 Å². The molecule has 2 rings (SSSR count). The van der Waals surface area contributed by atoms with Crippen LogP contribution >= 0.6 is 0 Å². The molecule has 0 aliphatic carbocycles. The predicted molar refractivity (Wildman–Crippen MR) is 170 cm³/mol. The molecule has 0 fully saturated rings. The van der Waals surface area contributed by atoms with Crippen LogP contribution < -0.4 is 21.7 Å². The van der Waals surface area contributed by atoms with E-state index in [0.717, 1.165) is 33.1 Å². The van der Waals surface area contributed by atoms with Gasteiger partial charge in [0.05, 0.1) is 19.4 Å². The second kappa shape index (κ2) is 18.2. The van der Waals surface area contributed by atoms with Gasteiger partial charge in [-0.25, -0.2) is 20.4 Å². The van der Waals surface area contributed by atoms with E-state index in [-0.39, 0.29) is 26.2 Å². The summed E-state index contributed by atoms with van der Waals surface area (Å²) in [6.07, 6.45) is 0.726. The summed E-state index contributed by atoms with van der Waals surface area (Å²) in [6, 6.07) is 0. The molecule has 0 aromatic heterocycles. The minimum Gasteiger partial charge on any atom is -0.480 e. The summed E-state index contributed by atoms with van der Waals surface area (Å²) in [5.74, 6) is -4.87. The van der Waals surface area contributed by atoms with Gasteiger partial charge in [0.15, 0.2) is 6.73 Å². The Morgan fingerprint density at radius 3 is 1.52 bits per heavy atom. The van der Waals surface area contributed by atoms with Gasteiger partial charge in [-0.3, -0.25) is 59.3 Å². The molecule has 9 amide bonds. The Hall–Kier alpha value is -5.69. The van der Waals surface area contributed by atoms with Crippen LogP contribution in [0, 0.1) is 0 Å². The molecule has 20 heteroatoms. The first-order chi connectivity index (χ1) is 23.3. The molecule has 0 unspecified atom stereocenters. The number of ether oxygens (including phenoxy) is 3. The summed E-state index contributed by atoms with van der Waals surface area (Å²) in [5, 5.41) is 1.76. The van der Waals surface area contributed by atoms with Crippen molar-refractivity contribution >= 4 is 53.5 Å². The zero-order valence-electron chi connectivity index (χ0n) is 28.9. The molecule has 0 aromatic rings. The molecule has 2 aliphatic heterocycles. The van der Waals surface area contributed by atoms with Crippen LogP contribution in [0.1, 0.15) is 67.2 Å². The van der Waals surface area contributed by atoms with Crippen LogP contribution in [0.25, 0.3) is 0 Å². The first-order valence-corrected chi connectivity index (χ1v) is 15.5. The van der Waals surface area contributed by atoms with E-state index >= 15 is 0 Å². The van der Waals surface area contributed by atoms with E-state index in [1.165, 1.54) is 11.2 Å². The van der Waals surface area contributed by atoms with Gasteiger partial charge in [-0.05, 0) is 41.5 Å². The van der Waals surface area contributed by atoms with Gasteiger partial charge in [0.25, 0.3) is 17.7 Å². The van der Waals surface area contributed by atoms with Crippen molar-refractivity contribution in [1.29, 1.82) is 0 Å². The molecule has 50 heavy (non-hydrogen) atoms. The Morgan fingerprint density at radius 1 is 0.660 bits per heavy atom. The third-order valence-electron chi connectivity index (χ3n) is 6.27. The third-order valence-corrected chi connectivity index (χ3v) is 6.27. The number of hydrogen-bond donors (Lipinski definition) is 4. The molecule has 4 N–H and O–H groups in total. The topological polar surface area (TPSA) is 242 Å². The van der Waals surface area contributed by atoms with Crippen molar-refractivity contribution in [3.05, 3.63) is 24.5 Å². The average molecular weight is 709 g/mol. The minimum absolute atomic E-state index is 0.138. The zero-order valence-corrected chi connectivity index (χ0v) is 28.9. The molecule has 20 nitrogen and oxygen atoms in total. The highest BCUT2D eigenvalue weighted by atomic mass is 16.6. The van der Waals surface area contributed by atoms with Crippen molar-refractivity contribution < 1.29 is 57.4 Å². The van der Waals surface area contributed by atoms with Crippen molar-refractivity contribution in [1.82, 2.24) is 41.5 Å². The molecule has 0 radical (unpaired) electrons. The molecular weight excluding hydrogens is 664 g/mol. The predicted octanol–water partition coefficient (Wildman–Crippen LogP) is -0.514. The van der Waals surface area contributed by atoms with Crippen LogP contribution in [0.3, 0.4) is 0 Å². The Morgan fingerprint density at radius 2 is 1.10 bits per heavy atom. The van der Waals surface area contributed by atoms with E-state index in [0.29, 0.717) is 0 Å². The number of rotatable bonds is 12. The second-order valence-electron chi connectivity index (χ2n) is 12.7. The summed E-state index contributed by atoms with van der Waals surface area (Å²) >= 11 is 0. The van der Waals surface area contributed by atoms with Crippen molar-refractivity contribution in [2.45, 2.75) is 78.4 Å². The van der Waals surface area contributed by atoms with Crippen molar-refractivity contribution in [3.8, 4) is 0 Å². The molecule has 0 spiro atoms. The highest BCUT2D eigenvalue weighted by Gasteiger charge is 2.31. The fraction of sp³-hybridized carbons (Fsp3) is 0.567. The van der Waals surface area contributed by atoms with E-state index < -0.39 is 97.1 Å². The van der Waals surface area contributed by atoms with Crippen molar-refractivity contribution in [2.75, 3.05) is 32.9 Å². The SMILES string of the molecule is CC(C)(C)OC(=O)NNC(=O)CCN(C(=O)CCN1COC=CC1=O)N(CCC(=O)NNC(=O)OC(C)(C)C)C(=O)CCN1C(=O)C=CC1=O. The number of imide groups is 1. The number of carbonyl (C=O) groups is 9. The Balaban J connectivity index is 2.25. The number of hydrazine groups is 3. The van der Waals surface area contributed by atoms with Crippen LogP contribution in [0.15, 0.2) is 24.5 Å². The first kappa shape index (κ1) is 40.5. The van der Waals surface area contributed by atoms with E-state index in [1.807, 2.05) is 0 Å². The fourth-order valence-corrected chi connectivity index (χ4v) is 4.08. The molecule has 0 atom stereocenters. The number of nitrogens with one attached hydrogen (secondary N) is 4. The smallest absolute Gasteiger partial charge is 0.426 e. The quantitative estimate of drug-likeness (QED) is 0.148. The normalized spacial score (nSPS) is 14.1. The van der Waals surface area contributed by atoms with E-state index in [9.17, 15) is 43.2 Å². The maximum Gasteiger partial charge on any atom is 0.426 e. The number of hydrogen-bond acceptors (Lipinski definition) is 12. The minimum atomic E-state index is -0.957. The van der Waals surface area contributed by atoms with Crippen molar-refractivity contribution in [2.24, 2.45) is 0 Å². The van der Waals surface area contributed by atoms with Gasteiger partial charge in [-0.1, -0.05) is 0 Å². The maximum atomic E-state index is 13.6. The van der Waals surface area contributed by atoms with Crippen LogP contribution in [0.2, 0.25) is 0 Å². The maximum absolute atomic E-state index is 13.6. The van der Waals surface area contributed by atoms with E-state index in [4.69, 9.17) is 14.2 Å². The molecule has 2 heterocycles. The van der Waals surface area contributed by atoms with E-state index in [2.05, 4.69) is 21.7 Å². The molecule has 0 saturated carbocycles. The van der Waals surface area contributed by atoms with Gasteiger partial charge in [0.2, 0.25) is 23.6 Å². The number of nitrogens with zero attached hydrogens (tertiary/aromatic N) is 4. The summed E-state index contributed by atoms with van der Waals surface area (Å²) in [5.41, 5.74) is 6.69. The van der Waals surface area contributed by atoms with Gasteiger partial charge >= 0.3 is 12.2 Å². The Bertz CT molecular complexity index is 1380. The van der Waals surface area contributed by atoms with Gasteiger partial charge < -0.3 is 19.1 Å². The molecule has 2 aliphatic rings. The fourth-order valence-electron chi connectivity index (χ4n) is 4.08. The molecule has 0 bridgehead atoms. The highest BCUT2D eigenvalue weighted by molar-refractivity contribution is 6.13. The van der Waals surface area contributed by atoms with Crippen LogP contribution in [-0.2, 0) is 47.8 Å². The largest absolute Gasteiger partial charge is 0.480 e. The molecular formula is C30H44N8O12. The van der Waals surface area contributed by atoms with Crippen LogP contribution in [0.5, 0.6) is 0 Å². The van der Waals surface area contributed by atoms with Gasteiger partial charge in [-0.2, -0.15) is 0 Å². The van der Waals surface area contributed by atoms with Crippen LogP contribution in [-0.4, -0.2) is 117 Å². The second-order valence-corrected chi connectivity index (χ2v) is 12.7. The Labute approximate surface area is 288 Å². The lowest BCUT2D eigenvalue weighted by Gasteiger charge is -2.36. The number of amides is 9.